The summed E-state index contributed by atoms with van der Waals surface area (Å²) in [6.45, 7) is 4.06. The van der Waals surface area contributed by atoms with Crippen molar-refractivity contribution in [3.05, 3.63) is 51.1 Å². The summed E-state index contributed by atoms with van der Waals surface area (Å²) in [6, 6.07) is 9.48. The van der Waals surface area contributed by atoms with E-state index in [0.717, 1.165) is 41.0 Å². The van der Waals surface area contributed by atoms with Crippen molar-refractivity contribution in [3.8, 4) is 5.69 Å². The predicted molar refractivity (Wildman–Crippen MR) is 112 cm³/mol. The van der Waals surface area contributed by atoms with Crippen molar-refractivity contribution >= 4 is 39.3 Å². The maximum atomic E-state index is 13.5. The van der Waals surface area contributed by atoms with Gasteiger partial charge >= 0.3 is 5.97 Å². The molecule has 28 heavy (non-hydrogen) atoms. The van der Waals surface area contributed by atoms with Gasteiger partial charge in [-0.15, -0.1) is 11.3 Å². The van der Waals surface area contributed by atoms with Crippen molar-refractivity contribution in [2.24, 2.45) is 0 Å². The Kier molecular flexibility index (Phi) is 5.52. The van der Waals surface area contributed by atoms with E-state index in [-0.39, 0.29) is 17.3 Å². The van der Waals surface area contributed by atoms with E-state index < -0.39 is 0 Å². The van der Waals surface area contributed by atoms with Gasteiger partial charge in [0.2, 0.25) is 0 Å². The number of para-hydroxylation sites is 1. The zero-order valence-corrected chi connectivity index (χ0v) is 17.5. The lowest BCUT2D eigenvalue weighted by molar-refractivity contribution is -0.895. The molecule has 1 N–H and O–H groups in total. The number of likely N-dealkylation sites (N-methyl/N-ethyl adjacent to an activating group) is 1. The zero-order valence-electron chi connectivity index (χ0n) is 15.9. The highest BCUT2D eigenvalue weighted by Gasteiger charge is 2.26. The number of aromatic nitrogens is 2. The van der Waals surface area contributed by atoms with Crippen LogP contribution in [0, 0.1) is 0 Å². The molecule has 0 aliphatic carbocycles. The molecule has 3 heterocycles. The van der Waals surface area contributed by atoms with Gasteiger partial charge in [0, 0.05) is 6.42 Å². The van der Waals surface area contributed by atoms with Crippen molar-refractivity contribution < 1.29 is 14.4 Å². The van der Waals surface area contributed by atoms with E-state index in [4.69, 9.17) is 9.72 Å². The van der Waals surface area contributed by atoms with Crippen LogP contribution in [0.25, 0.3) is 15.9 Å². The van der Waals surface area contributed by atoms with Crippen molar-refractivity contribution in [1.82, 2.24) is 9.55 Å². The second-order valence-corrected chi connectivity index (χ2v) is 8.81. The fraction of sp³-hybridized carbons (Fsp3) is 0.350. The van der Waals surface area contributed by atoms with Crippen LogP contribution in [0.5, 0.6) is 0 Å². The minimum absolute atomic E-state index is 0.0559. The van der Waals surface area contributed by atoms with Crippen LogP contribution in [0.4, 0.5) is 0 Å². The number of benzene rings is 1. The van der Waals surface area contributed by atoms with Crippen LogP contribution in [0.1, 0.15) is 17.4 Å². The van der Waals surface area contributed by atoms with E-state index in [1.807, 2.05) is 30.3 Å². The third-order valence-electron chi connectivity index (χ3n) is 4.78. The lowest BCUT2D eigenvalue weighted by atomic mass is 10.1. The number of thiophene rings is 1. The van der Waals surface area contributed by atoms with Gasteiger partial charge < -0.3 is 9.64 Å². The number of esters is 1. The number of ether oxygens (including phenoxy) is 1. The monoisotopic (exact) mass is 416 g/mol. The summed E-state index contributed by atoms with van der Waals surface area (Å²) in [5, 5.41) is 1.26. The average molecular weight is 417 g/mol. The molecule has 0 radical (unpaired) electrons. The molecular formula is C20H22N3O3S2+. The molecule has 1 atom stereocenters. The van der Waals surface area contributed by atoms with Gasteiger partial charge in [0.05, 0.1) is 41.9 Å². The van der Waals surface area contributed by atoms with Gasteiger partial charge in [0.1, 0.15) is 11.4 Å². The summed E-state index contributed by atoms with van der Waals surface area (Å²) >= 11 is 2.85. The second-order valence-electron chi connectivity index (χ2n) is 6.78. The molecule has 4 rings (SSSR count). The van der Waals surface area contributed by atoms with Gasteiger partial charge in [-0.1, -0.05) is 30.0 Å². The third-order valence-corrected chi connectivity index (χ3v) is 6.82. The first-order valence-corrected chi connectivity index (χ1v) is 11.1. The van der Waals surface area contributed by atoms with Crippen LogP contribution in [-0.4, -0.2) is 41.5 Å². The Morgan fingerprint density at radius 2 is 2.14 bits per heavy atom. The summed E-state index contributed by atoms with van der Waals surface area (Å²) in [5.74, 6) is -0.187. The summed E-state index contributed by atoms with van der Waals surface area (Å²) in [7, 11) is 2.17. The van der Waals surface area contributed by atoms with E-state index >= 15 is 0 Å². The number of nitrogens with zero attached hydrogens (tertiary/aromatic N) is 2. The number of carbonyl (C=O) groups is 1. The molecule has 8 heteroatoms. The van der Waals surface area contributed by atoms with Gasteiger partial charge in [0.25, 0.3) is 5.56 Å². The summed E-state index contributed by atoms with van der Waals surface area (Å²) < 4.78 is 6.66. The highest BCUT2D eigenvalue weighted by molar-refractivity contribution is 7.99. The molecule has 1 aliphatic heterocycles. The average Bonchev–Trinajstić information content (AvgIpc) is 3.04. The Bertz CT molecular complexity index is 1080. The number of hydrogen-bond donors (Lipinski definition) is 1. The van der Waals surface area contributed by atoms with Gasteiger partial charge in [0.15, 0.2) is 5.16 Å². The first kappa shape index (κ1) is 19.2. The smallest absolute Gasteiger partial charge is 0.316 e. The van der Waals surface area contributed by atoms with Crippen molar-refractivity contribution in [3.63, 3.8) is 0 Å². The summed E-state index contributed by atoms with van der Waals surface area (Å²) in [6.07, 6.45) is 0.891. The molecule has 1 unspecified atom stereocenters. The lowest BCUT2D eigenvalue weighted by Gasteiger charge is -2.19. The van der Waals surface area contributed by atoms with E-state index in [1.165, 1.54) is 21.5 Å². The van der Waals surface area contributed by atoms with Crippen molar-refractivity contribution in [2.75, 3.05) is 26.0 Å². The first-order valence-electron chi connectivity index (χ1n) is 9.31. The molecule has 146 valence electrons. The zero-order chi connectivity index (χ0) is 19.7. The molecule has 0 spiro atoms. The normalized spacial score (nSPS) is 16.1. The fourth-order valence-electron chi connectivity index (χ4n) is 3.47. The quantitative estimate of drug-likeness (QED) is 0.389. The molecule has 0 bridgehead atoms. The maximum absolute atomic E-state index is 13.5. The van der Waals surface area contributed by atoms with E-state index in [2.05, 4.69) is 7.05 Å². The van der Waals surface area contributed by atoms with Crippen LogP contribution in [0.15, 0.2) is 40.3 Å². The van der Waals surface area contributed by atoms with E-state index in [0.29, 0.717) is 11.8 Å². The fourth-order valence-corrected chi connectivity index (χ4v) is 5.65. The molecule has 0 amide bonds. The molecule has 1 aliphatic rings. The largest absolute Gasteiger partial charge is 0.465 e. The third kappa shape index (κ3) is 3.59. The van der Waals surface area contributed by atoms with Crippen molar-refractivity contribution in [2.45, 2.75) is 25.0 Å². The molecule has 3 aromatic rings. The maximum Gasteiger partial charge on any atom is 0.316 e. The number of thioether (sulfide) groups is 1. The van der Waals surface area contributed by atoms with Gasteiger partial charge in [-0.2, -0.15) is 0 Å². The van der Waals surface area contributed by atoms with Crippen LogP contribution >= 0.6 is 23.1 Å². The number of carbonyl (C=O) groups excluding carboxylic acids is 1. The Morgan fingerprint density at radius 1 is 1.36 bits per heavy atom. The highest BCUT2D eigenvalue weighted by atomic mass is 32.2. The van der Waals surface area contributed by atoms with E-state index in [1.54, 1.807) is 22.8 Å². The van der Waals surface area contributed by atoms with Crippen LogP contribution < -0.4 is 10.5 Å². The topological polar surface area (TPSA) is 65.6 Å². The van der Waals surface area contributed by atoms with Gasteiger partial charge in [-0.25, -0.2) is 4.98 Å². The molecule has 0 fully saturated rings. The number of nitrogens with one attached hydrogen (secondary N) is 1. The van der Waals surface area contributed by atoms with Crippen LogP contribution in [0.2, 0.25) is 0 Å². The number of hydrogen-bond acceptors (Lipinski definition) is 6. The summed E-state index contributed by atoms with van der Waals surface area (Å²) in [5.41, 5.74) is 1.85. The lowest BCUT2D eigenvalue weighted by Crippen LogP contribution is -3.08. The van der Waals surface area contributed by atoms with Crippen molar-refractivity contribution in [1.29, 1.82) is 0 Å². The van der Waals surface area contributed by atoms with E-state index in [9.17, 15) is 9.59 Å². The van der Waals surface area contributed by atoms with Gasteiger partial charge in [-0.05, 0) is 24.6 Å². The highest BCUT2D eigenvalue weighted by Crippen LogP contribution is 2.31. The molecule has 0 saturated carbocycles. The molecular weight excluding hydrogens is 394 g/mol. The number of fused-ring (bicyclic) bond motifs is 3. The predicted octanol–water partition coefficient (Wildman–Crippen LogP) is 1.67. The summed E-state index contributed by atoms with van der Waals surface area (Å²) in [4.78, 5) is 33.6. The Morgan fingerprint density at radius 3 is 2.89 bits per heavy atom. The second kappa shape index (κ2) is 8.06. The van der Waals surface area contributed by atoms with Crippen LogP contribution in [0.3, 0.4) is 0 Å². The minimum Gasteiger partial charge on any atom is -0.465 e. The molecule has 2 aromatic heterocycles. The molecule has 6 nitrogen and oxygen atoms in total. The SMILES string of the molecule is CCOC(=O)CSc1nc2sc3c(c2c(=O)n1-c1ccccc1)CC[NH+](C)C3. The van der Waals surface area contributed by atoms with Crippen LogP contribution in [-0.2, 0) is 22.5 Å². The Labute approximate surface area is 171 Å². The number of quaternary nitrogens is 1. The Hall–Kier alpha value is -2.16. The Balaban J connectivity index is 1.86. The molecule has 0 saturated heterocycles. The molecule has 1 aromatic carbocycles. The standard InChI is InChI=1S/C20H21N3O3S2/c1-3-26-16(24)12-27-20-21-18-17(14-9-10-22(2)11-15(14)28-18)19(25)23(20)13-7-5-4-6-8-13/h4-8H,3,9-12H2,1-2H3/p+1. The first-order chi connectivity index (χ1) is 13.6. The van der Waals surface area contributed by atoms with Gasteiger partial charge in [-0.3, -0.25) is 14.2 Å². The minimum atomic E-state index is -0.308. The number of rotatable bonds is 5.